The molecule has 0 saturated carbocycles. The summed E-state index contributed by atoms with van der Waals surface area (Å²) in [6.07, 6.45) is 2.44. The van der Waals surface area contributed by atoms with E-state index in [2.05, 4.69) is 0 Å². The van der Waals surface area contributed by atoms with E-state index in [1.807, 2.05) is 43.3 Å². The smallest absolute Gasteiger partial charge is 0.263 e. The molecule has 1 unspecified atom stereocenters. The third-order valence-electron chi connectivity index (χ3n) is 5.91. The Labute approximate surface area is 178 Å². The Morgan fingerprint density at radius 1 is 1.00 bits per heavy atom. The topological polar surface area (TPSA) is 66.9 Å². The normalized spacial score (nSPS) is 18.1. The van der Waals surface area contributed by atoms with Gasteiger partial charge in [0, 0.05) is 26.2 Å². The molecule has 6 nitrogen and oxygen atoms in total. The van der Waals surface area contributed by atoms with Gasteiger partial charge in [0.05, 0.1) is 4.90 Å². The number of amides is 1. The summed E-state index contributed by atoms with van der Waals surface area (Å²) in [6, 6.07) is 13.1. The van der Waals surface area contributed by atoms with Crippen LogP contribution in [-0.2, 0) is 27.7 Å². The lowest BCUT2D eigenvalue weighted by atomic mass is 10.1. The maximum atomic E-state index is 13.1. The van der Waals surface area contributed by atoms with Crippen LogP contribution in [0.3, 0.4) is 0 Å². The van der Waals surface area contributed by atoms with Gasteiger partial charge in [-0.3, -0.25) is 4.79 Å². The third-order valence-corrected chi connectivity index (χ3v) is 7.80. The average Bonchev–Trinajstić information content (AvgIpc) is 3.21. The van der Waals surface area contributed by atoms with Crippen LogP contribution in [0.1, 0.15) is 30.0 Å². The number of hydrogen-bond donors (Lipinski definition) is 0. The van der Waals surface area contributed by atoms with Crippen molar-refractivity contribution in [3.05, 3.63) is 59.2 Å². The molecule has 0 bridgehead atoms. The number of nitrogens with zero attached hydrogens (tertiary/aromatic N) is 2. The maximum Gasteiger partial charge on any atom is 0.263 e. The maximum absolute atomic E-state index is 13.1. The number of aryl methyl sites for hydroxylation is 3. The minimum atomic E-state index is -3.54. The molecule has 4 rings (SSSR count). The largest absolute Gasteiger partial charge is 0.481 e. The molecule has 30 heavy (non-hydrogen) atoms. The third kappa shape index (κ3) is 4.23. The molecule has 2 aromatic rings. The zero-order valence-electron chi connectivity index (χ0n) is 17.5. The van der Waals surface area contributed by atoms with Crippen molar-refractivity contribution in [2.45, 2.75) is 44.1 Å². The Kier molecular flexibility index (Phi) is 5.84. The lowest BCUT2D eigenvalue weighted by molar-refractivity contribution is -0.139. The lowest BCUT2D eigenvalue weighted by Gasteiger charge is -2.35. The summed E-state index contributed by atoms with van der Waals surface area (Å²) >= 11 is 0. The predicted molar refractivity (Wildman–Crippen MR) is 115 cm³/mol. The predicted octanol–water partition coefficient (Wildman–Crippen LogP) is 2.78. The van der Waals surface area contributed by atoms with Gasteiger partial charge in [-0.25, -0.2) is 8.42 Å². The molecule has 2 aromatic carbocycles. The first kappa shape index (κ1) is 20.9. The number of carbonyl (C=O) groups is 1. The molecule has 0 aromatic heterocycles. The molecule has 1 saturated heterocycles. The number of benzene rings is 2. The number of fused-ring (bicyclic) bond motifs is 1. The zero-order chi connectivity index (χ0) is 21.3. The van der Waals surface area contributed by atoms with Gasteiger partial charge in [0.1, 0.15) is 5.75 Å². The Hall–Kier alpha value is -2.38. The van der Waals surface area contributed by atoms with Crippen molar-refractivity contribution in [1.29, 1.82) is 0 Å². The second kappa shape index (κ2) is 8.40. The number of sulfonamides is 1. The number of piperazine rings is 1. The Morgan fingerprint density at radius 2 is 1.73 bits per heavy atom. The summed E-state index contributed by atoms with van der Waals surface area (Å²) < 4.78 is 33.4. The summed E-state index contributed by atoms with van der Waals surface area (Å²) in [4.78, 5) is 14.8. The molecule has 1 atom stereocenters. The number of rotatable bonds is 5. The second-order valence-corrected chi connectivity index (χ2v) is 10.0. The molecule has 160 valence electrons. The molecule has 0 N–H and O–H groups in total. The van der Waals surface area contributed by atoms with E-state index in [1.165, 1.54) is 9.87 Å². The lowest BCUT2D eigenvalue weighted by Crippen LogP contribution is -2.53. The van der Waals surface area contributed by atoms with Crippen LogP contribution in [0.4, 0.5) is 0 Å². The van der Waals surface area contributed by atoms with Crippen LogP contribution in [0, 0.1) is 6.92 Å². The molecular formula is C23H28N2O4S. The van der Waals surface area contributed by atoms with Gasteiger partial charge in [-0.2, -0.15) is 4.31 Å². The van der Waals surface area contributed by atoms with E-state index >= 15 is 0 Å². The van der Waals surface area contributed by atoms with Gasteiger partial charge in [0.15, 0.2) is 6.10 Å². The van der Waals surface area contributed by atoms with Crippen molar-refractivity contribution >= 4 is 15.9 Å². The van der Waals surface area contributed by atoms with Crippen LogP contribution in [0.5, 0.6) is 5.75 Å². The van der Waals surface area contributed by atoms with E-state index in [-0.39, 0.29) is 5.91 Å². The monoisotopic (exact) mass is 428 g/mol. The van der Waals surface area contributed by atoms with Gasteiger partial charge in [-0.05, 0) is 74.1 Å². The molecular weight excluding hydrogens is 400 g/mol. The van der Waals surface area contributed by atoms with Crippen LogP contribution in [0.2, 0.25) is 0 Å². The fraction of sp³-hybridized carbons (Fsp3) is 0.435. The quantitative estimate of drug-likeness (QED) is 0.735. The highest BCUT2D eigenvalue weighted by Crippen LogP contribution is 2.27. The van der Waals surface area contributed by atoms with Crippen molar-refractivity contribution in [1.82, 2.24) is 9.21 Å². The minimum Gasteiger partial charge on any atom is -0.481 e. The fourth-order valence-electron chi connectivity index (χ4n) is 4.21. The summed E-state index contributed by atoms with van der Waals surface area (Å²) in [5.74, 6) is 0.541. The Morgan fingerprint density at radius 3 is 2.47 bits per heavy atom. The highest BCUT2D eigenvalue weighted by atomic mass is 32.2. The fourth-order valence-corrected chi connectivity index (χ4v) is 5.68. The first-order chi connectivity index (χ1) is 14.3. The molecule has 0 spiro atoms. The molecule has 1 amide bonds. The standard InChI is InChI=1S/C23H28N2O4S/c1-17-5-3-8-21(15-17)29-18(2)23(26)24-11-13-25(14-12-24)30(27,28)22-10-9-19-6-4-7-20(19)16-22/h3,5,8-10,15-16,18H,4,6-7,11-14H2,1-2H3. The Balaban J connectivity index is 1.37. The minimum absolute atomic E-state index is 0.119. The van der Waals surface area contributed by atoms with E-state index < -0.39 is 16.1 Å². The first-order valence-electron chi connectivity index (χ1n) is 10.5. The SMILES string of the molecule is Cc1cccc(OC(C)C(=O)N2CCN(S(=O)(=O)c3ccc4c(c3)CCC4)CC2)c1. The van der Waals surface area contributed by atoms with Crippen molar-refractivity contribution in [2.24, 2.45) is 0 Å². The summed E-state index contributed by atoms with van der Waals surface area (Å²) in [5, 5.41) is 0. The Bertz CT molecular complexity index is 1040. The van der Waals surface area contributed by atoms with Crippen molar-refractivity contribution in [3.8, 4) is 5.75 Å². The molecule has 1 fully saturated rings. The van der Waals surface area contributed by atoms with E-state index in [0.717, 1.165) is 30.4 Å². The van der Waals surface area contributed by atoms with Crippen LogP contribution >= 0.6 is 0 Å². The van der Waals surface area contributed by atoms with Crippen LogP contribution < -0.4 is 4.74 Å². The van der Waals surface area contributed by atoms with Crippen LogP contribution in [0.15, 0.2) is 47.4 Å². The van der Waals surface area contributed by atoms with Crippen molar-refractivity contribution < 1.29 is 17.9 Å². The van der Waals surface area contributed by atoms with Gasteiger partial charge in [0.2, 0.25) is 10.0 Å². The summed E-state index contributed by atoms with van der Waals surface area (Å²) in [6.45, 7) is 5.03. The molecule has 1 aliphatic carbocycles. The highest BCUT2D eigenvalue weighted by Gasteiger charge is 2.32. The molecule has 2 aliphatic rings. The summed E-state index contributed by atoms with van der Waals surface area (Å²) in [5.41, 5.74) is 3.47. The van der Waals surface area contributed by atoms with Gasteiger partial charge in [-0.15, -0.1) is 0 Å². The number of carbonyl (C=O) groups excluding carboxylic acids is 1. The van der Waals surface area contributed by atoms with Gasteiger partial charge in [-0.1, -0.05) is 18.2 Å². The van der Waals surface area contributed by atoms with Crippen LogP contribution in [-0.4, -0.2) is 55.8 Å². The molecule has 7 heteroatoms. The van der Waals surface area contributed by atoms with Crippen molar-refractivity contribution in [3.63, 3.8) is 0 Å². The second-order valence-electron chi connectivity index (χ2n) is 8.09. The van der Waals surface area contributed by atoms with E-state index in [9.17, 15) is 13.2 Å². The average molecular weight is 429 g/mol. The zero-order valence-corrected chi connectivity index (χ0v) is 18.3. The van der Waals surface area contributed by atoms with Crippen LogP contribution in [0.25, 0.3) is 0 Å². The van der Waals surface area contributed by atoms with Crippen molar-refractivity contribution in [2.75, 3.05) is 26.2 Å². The van der Waals surface area contributed by atoms with Gasteiger partial charge >= 0.3 is 0 Å². The molecule has 1 aliphatic heterocycles. The number of hydrogen-bond acceptors (Lipinski definition) is 4. The first-order valence-corrected chi connectivity index (χ1v) is 11.9. The van der Waals surface area contributed by atoms with E-state index in [1.54, 1.807) is 17.9 Å². The summed E-state index contributed by atoms with van der Waals surface area (Å²) in [7, 11) is -3.54. The molecule has 0 radical (unpaired) electrons. The van der Waals surface area contributed by atoms with E-state index in [4.69, 9.17) is 4.74 Å². The van der Waals surface area contributed by atoms with Gasteiger partial charge in [0.25, 0.3) is 5.91 Å². The highest BCUT2D eigenvalue weighted by molar-refractivity contribution is 7.89. The van der Waals surface area contributed by atoms with Gasteiger partial charge < -0.3 is 9.64 Å². The molecule has 1 heterocycles. The number of ether oxygens (including phenoxy) is 1. The van der Waals surface area contributed by atoms with E-state index in [0.29, 0.717) is 36.8 Å².